The van der Waals surface area contributed by atoms with Gasteiger partial charge >= 0.3 is 0 Å². The van der Waals surface area contributed by atoms with Gasteiger partial charge in [0.15, 0.2) is 5.78 Å². The van der Waals surface area contributed by atoms with Crippen LogP contribution >= 0.6 is 11.3 Å². The highest BCUT2D eigenvalue weighted by atomic mass is 32.1. The van der Waals surface area contributed by atoms with Crippen molar-refractivity contribution in [3.63, 3.8) is 0 Å². The molecule has 0 bridgehead atoms. The summed E-state index contributed by atoms with van der Waals surface area (Å²) in [4.78, 5) is 15.8. The molecule has 0 aliphatic rings. The van der Waals surface area contributed by atoms with Gasteiger partial charge in [-0.1, -0.05) is 17.7 Å². The highest BCUT2D eigenvalue weighted by Gasteiger charge is 2.05. The predicted octanol–water partition coefficient (Wildman–Crippen LogP) is 4.81. The average molecular weight is 353 g/mol. The molecular weight excluding hydrogens is 334 g/mol. The van der Waals surface area contributed by atoms with E-state index < -0.39 is 0 Å². The van der Waals surface area contributed by atoms with Crippen LogP contribution in [0.1, 0.15) is 33.5 Å². The molecule has 5 heteroatoms. The van der Waals surface area contributed by atoms with Gasteiger partial charge in [0.05, 0.1) is 5.69 Å². The van der Waals surface area contributed by atoms with E-state index in [9.17, 15) is 4.79 Å². The van der Waals surface area contributed by atoms with Gasteiger partial charge in [-0.2, -0.15) is 0 Å². The fourth-order valence-electron chi connectivity index (χ4n) is 2.20. The number of ether oxygens (including phenoxy) is 2. The Morgan fingerprint density at radius 1 is 0.960 bits per heavy atom. The van der Waals surface area contributed by atoms with E-state index in [0.29, 0.717) is 18.8 Å². The average Bonchev–Trinajstić information content (AvgIpc) is 3.08. The zero-order valence-electron chi connectivity index (χ0n) is 14.2. The Labute approximate surface area is 151 Å². The maximum atomic E-state index is 11.3. The van der Waals surface area contributed by atoms with Gasteiger partial charge in [-0.3, -0.25) is 4.79 Å². The fourth-order valence-corrected chi connectivity index (χ4v) is 2.89. The van der Waals surface area contributed by atoms with Crippen molar-refractivity contribution in [1.29, 1.82) is 0 Å². The van der Waals surface area contributed by atoms with Gasteiger partial charge in [-0.25, -0.2) is 4.98 Å². The molecule has 2 aromatic carbocycles. The summed E-state index contributed by atoms with van der Waals surface area (Å²) in [5.41, 5.74) is 2.75. The third kappa shape index (κ3) is 4.90. The van der Waals surface area contributed by atoms with Crippen molar-refractivity contribution >= 4 is 17.1 Å². The molecule has 0 N–H and O–H groups in total. The van der Waals surface area contributed by atoms with Crippen LogP contribution in [0.25, 0.3) is 0 Å². The monoisotopic (exact) mass is 353 g/mol. The molecule has 0 aliphatic heterocycles. The van der Waals surface area contributed by atoms with Crippen molar-refractivity contribution in [3.05, 3.63) is 75.7 Å². The summed E-state index contributed by atoms with van der Waals surface area (Å²) < 4.78 is 11.4. The Hall–Kier alpha value is -2.66. The highest BCUT2D eigenvalue weighted by Crippen LogP contribution is 2.18. The smallest absolute Gasteiger partial charge is 0.159 e. The van der Waals surface area contributed by atoms with Gasteiger partial charge in [-0.05, 0) is 50.2 Å². The predicted molar refractivity (Wildman–Crippen MR) is 98.4 cm³/mol. The van der Waals surface area contributed by atoms with Gasteiger partial charge in [0, 0.05) is 10.9 Å². The number of benzene rings is 2. The minimum Gasteiger partial charge on any atom is -0.487 e. The lowest BCUT2D eigenvalue weighted by Gasteiger charge is -2.05. The summed E-state index contributed by atoms with van der Waals surface area (Å²) in [7, 11) is 0. The maximum Gasteiger partial charge on any atom is 0.159 e. The normalized spacial score (nSPS) is 10.5. The minimum atomic E-state index is 0.0456. The van der Waals surface area contributed by atoms with E-state index in [0.717, 1.165) is 22.2 Å². The van der Waals surface area contributed by atoms with E-state index in [-0.39, 0.29) is 5.78 Å². The zero-order chi connectivity index (χ0) is 17.6. The van der Waals surface area contributed by atoms with Crippen molar-refractivity contribution in [2.24, 2.45) is 0 Å². The standard InChI is InChI=1S/C20H19NO3S/c1-14-3-7-18(8-4-14)24-12-20-21-17(13-25-20)11-23-19-9-5-16(6-10-19)15(2)22/h3-10,13H,11-12H2,1-2H3. The topological polar surface area (TPSA) is 48.4 Å². The molecule has 4 nitrogen and oxygen atoms in total. The van der Waals surface area contributed by atoms with Crippen LogP contribution in [0.5, 0.6) is 11.5 Å². The summed E-state index contributed by atoms with van der Waals surface area (Å²) in [6.45, 7) is 4.43. The van der Waals surface area contributed by atoms with E-state index >= 15 is 0 Å². The lowest BCUT2D eigenvalue weighted by Crippen LogP contribution is -1.99. The first kappa shape index (κ1) is 17.2. The first-order valence-electron chi connectivity index (χ1n) is 7.97. The Kier molecular flexibility index (Phi) is 5.46. The number of thiazole rings is 1. The van der Waals surface area contributed by atoms with Gasteiger partial charge < -0.3 is 9.47 Å². The molecule has 0 saturated heterocycles. The molecule has 128 valence electrons. The van der Waals surface area contributed by atoms with Crippen molar-refractivity contribution in [2.45, 2.75) is 27.1 Å². The fraction of sp³-hybridized carbons (Fsp3) is 0.200. The molecule has 0 fully saturated rings. The summed E-state index contributed by atoms with van der Waals surface area (Å²) >= 11 is 1.55. The molecule has 3 rings (SSSR count). The number of hydrogen-bond acceptors (Lipinski definition) is 5. The summed E-state index contributed by atoms with van der Waals surface area (Å²) in [6.07, 6.45) is 0. The number of Topliss-reactive ketones (excluding diaryl/α,β-unsaturated/α-hetero) is 1. The van der Waals surface area contributed by atoms with E-state index in [4.69, 9.17) is 9.47 Å². The van der Waals surface area contributed by atoms with E-state index in [2.05, 4.69) is 4.98 Å². The Morgan fingerprint density at radius 2 is 1.56 bits per heavy atom. The number of hydrogen-bond donors (Lipinski definition) is 0. The summed E-state index contributed by atoms with van der Waals surface area (Å²) in [5, 5.41) is 2.88. The van der Waals surface area contributed by atoms with Crippen LogP contribution in [-0.2, 0) is 13.2 Å². The number of aryl methyl sites for hydroxylation is 1. The number of rotatable bonds is 7. The molecule has 0 unspecified atom stereocenters. The second-order valence-electron chi connectivity index (χ2n) is 5.70. The number of aromatic nitrogens is 1. The zero-order valence-corrected chi connectivity index (χ0v) is 15.0. The number of carbonyl (C=O) groups is 1. The maximum absolute atomic E-state index is 11.3. The third-order valence-electron chi connectivity index (χ3n) is 3.63. The van der Waals surface area contributed by atoms with Gasteiger partial charge in [0.1, 0.15) is 29.7 Å². The quantitative estimate of drug-likeness (QED) is 0.572. The van der Waals surface area contributed by atoms with Crippen molar-refractivity contribution < 1.29 is 14.3 Å². The highest BCUT2D eigenvalue weighted by molar-refractivity contribution is 7.09. The molecule has 0 aliphatic carbocycles. The van der Waals surface area contributed by atoms with Crippen LogP contribution < -0.4 is 9.47 Å². The minimum absolute atomic E-state index is 0.0456. The summed E-state index contributed by atoms with van der Waals surface area (Å²) in [5.74, 6) is 1.60. The van der Waals surface area contributed by atoms with Gasteiger partial charge in [0.2, 0.25) is 0 Å². The molecular formula is C20H19NO3S. The first-order valence-corrected chi connectivity index (χ1v) is 8.84. The van der Waals surface area contributed by atoms with E-state index in [1.165, 1.54) is 5.56 Å². The van der Waals surface area contributed by atoms with Gasteiger partial charge in [0.25, 0.3) is 0 Å². The number of nitrogens with zero attached hydrogens (tertiary/aromatic N) is 1. The summed E-state index contributed by atoms with van der Waals surface area (Å²) in [6, 6.07) is 15.1. The Morgan fingerprint density at radius 3 is 2.20 bits per heavy atom. The first-order chi connectivity index (χ1) is 12.1. The van der Waals surface area contributed by atoms with E-state index in [1.807, 2.05) is 36.6 Å². The molecule has 1 heterocycles. The number of carbonyl (C=O) groups excluding carboxylic acids is 1. The molecule has 0 spiro atoms. The van der Waals surface area contributed by atoms with Crippen LogP contribution in [0.4, 0.5) is 0 Å². The second-order valence-corrected chi connectivity index (χ2v) is 6.65. The largest absolute Gasteiger partial charge is 0.487 e. The van der Waals surface area contributed by atoms with Crippen LogP contribution in [-0.4, -0.2) is 10.8 Å². The Bertz CT molecular complexity index is 838. The molecule has 0 atom stereocenters. The van der Waals surface area contributed by atoms with Crippen LogP contribution in [0.2, 0.25) is 0 Å². The van der Waals surface area contributed by atoms with Crippen LogP contribution in [0.3, 0.4) is 0 Å². The SMILES string of the molecule is CC(=O)c1ccc(OCc2csc(COc3ccc(C)cc3)n2)cc1. The second kappa shape index (κ2) is 7.94. The van der Waals surface area contributed by atoms with Crippen molar-refractivity contribution in [2.75, 3.05) is 0 Å². The van der Waals surface area contributed by atoms with Crippen molar-refractivity contribution in [3.8, 4) is 11.5 Å². The van der Waals surface area contributed by atoms with Crippen molar-refractivity contribution in [1.82, 2.24) is 4.98 Å². The molecule has 0 amide bonds. The third-order valence-corrected chi connectivity index (χ3v) is 4.50. The molecule has 25 heavy (non-hydrogen) atoms. The van der Waals surface area contributed by atoms with Crippen LogP contribution in [0, 0.1) is 6.92 Å². The Balaban J connectivity index is 1.51. The lowest BCUT2D eigenvalue weighted by molar-refractivity contribution is 0.101. The number of ketones is 1. The van der Waals surface area contributed by atoms with Crippen LogP contribution in [0.15, 0.2) is 53.9 Å². The molecule has 0 radical (unpaired) electrons. The molecule has 1 aromatic heterocycles. The molecule has 3 aromatic rings. The lowest BCUT2D eigenvalue weighted by atomic mass is 10.1. The van der Waals surface area contributed by atoms with Gasteiger partial charge in [-0.15, -0.1) is 11.3 Å². The molecule has 0 saturated carbocycles. The van der Waals surface area contributed by atoms with E-state index in [1.54, 1.807) is 42.5 Å².